The first-order valence-corrected chi connectivity index (χ1v) is 8.18. The summed E-state index contributed by atoms with van der Waals surface area (Å²) in [6.07, 6.45) is 0. The van der Waals surface area contributed by atoms with Gasteiger partial charge >= 0.3 is 0 Å². The number of benzene rings is 2. The molecule has 1 heterocycles. The first kappa shape index (κ1) is 17.5. The molecule has 134 valence electrons. The molecule has 0 aliphatic carbocycles. The van der Waals surface area contributed by atoms with Crippen molar-refractivity contribution in [1.82, 2.24) is 4.98 Å². The molecule has 0 saturated carbocycles. The van der Waals surface area contributed by atoms with E-state index in [-0.39, 0.29) is 17.3 Å². The third-order valence-corrected chi connectivity index (χ3v) is 3.86. The van der Waals surface area contributed by atoms with Crippen molar-refractivity contribution in [3.05, 3.63) is 48.0 Å². The van der Waals surface area contributed by atoms with Crippen molar-refractivity contribution in [3.63, 3.8) is 0 Å². The SMILES string of the molecule is CC(C)(C)c1ccc(-c2nc3cc(N=C(N)N=C(N)N)ccc3o2)cc1. The fourth-order valence-corrected chi connectivity index (χ4v) is 2.51. The molecule has 2 aromatic carbocycles. The zero-order valence-electron chi connectivity index (χ0n) is 15.0. The number of fused-ring (bicyclic) bond motifs is 1. The van der Waals surface area contributed by atoms with Crippen LogP contribution in [-0.2, 0) is 5.41 Å². The van der Waals surface area contributed by atoms with Crippen molar-refractivity contribution in [2.75, 3.05) is 0 Å². The summed E-state index contributed by atoms with van der Waals surface area (Å²) in [5.41, 5.74) is 20.4. The molecule has 3 rings (SSSR count). The standard InChI is InChI=1S/C19H22N6O/c1-19(2,3)12-6-4-11(5-7-12)16-24-14-10-13(8-9-15(14)26-16)23-18(22)25-17(20)21/h4-10H,1-3H3,(H6,20,21,22,23,25). The van der Waals surface area contributed by atoms with Crippen molar-refractivity contribution in [3.8, 4) is 11.5 Å². The van der Waals surface area contributed by atoms with Crippen LogP contribution in [0.5, 0.6) is 0 Å². The van der Waals surface area contributed by atoms with Crippen molar-refractivity contribution in [1.29, 1.82) is 0 Å². The van der Waals surface area contributed by atoms with Crippen LogP contribution < -0.4 is 17.2 Å². The summed E-state index contributed by atoms with van der Waals surface area (Å²) in [5.74, 6) is 0.388. The second-order valence-corrected chi connectivity index (χ2v) is 7.01. The van der Waals surface area contributed by atoms with Crippen LogP contribution in [0.4, 0.5) is 5.69 Å². The Morgan fingerprint density at radius 1 is 1.00 bits per heavy atom. The normalized spacial score (nSPS) is 12.3. The molecule has 0 bridgehead atoms. The summed E-state index contributed by atoms with van der Waals surface area (Å²) in [5, 5.41) is 0. The Morgan fingerprint density at radius 3 is 2.31 bits per heavy atom. The van der Waals surface area contributed by atoms with E-state index in [1.807, 2.05) is 12.1 Å². The van der Waals surface area contributed by atoms with Crippen molar-refractivity contribution in [2.24, 2.45) is 27.2 Å². The van der Waals surface area contributed by atoms with Crippen LogP contribution in [-0.4, -0.2) is 16.9 Å². The van der Waals surface area contributed by atoms with Gasteiger partial charge < -0.3 is 21.6 Å². The Labute approximate surface area is 151 Å². The van der Waals surface area contributed by atoms with Crippen LogP contribution in [0.15, 0.2) is 56.9 Å². The zero-order chi connectivity index (χ0) is 18.9. The summed E-state index contributed by atoms with van der Waals surface area (Å²) in [4.78, 5) is 12.4. The maximum absolute atomic E-state index is 5.85. The Balaban J connectivity index is 1.93. The predicted octanol–water partition coefficient (Wildman–Crippen LogP) is 3.01. The smallest absolute Gasteiger partial charge is 0.227 e. The number of hydrogen-bond acceptors (Lipinski definition) is 3. The van der Waals surface area contributed by atoms with Gasteiger partial charge in [0.15, 0.2) is 11.5 Å². The number of guanidine groups is 2. The fraction of sp³-hybridized carbons (Fsp3) is 0.211. The summed E-state index contributed by atoms with van der Waals surface area (Å²) in [6, 6.07) is 13.5. The molecule has 0 amide bonds. The molecule has 26 heavy (non-hydrogen) atoms. The minimum atomic E-state index is -0.144. The van der Waals surface area contributed by atoms with Gasteiger partial charge in [0.05, 0.1) is 5.69 Å². The average Bonchev–Trinajstić information content (AvgIpc) is 2.96. The number of aromatic nitrogens is 1. The van der Waals surface area contributed by atoms with E-state index in [4.69, 9.17) is 21.6 Å². The number of rotatable bonds is 2. The van der Waals surface area contributed by atoms with Crippen molar-refractivity contribution < 1.29 is 4.42 Å². The number of nitrogens with two attached hydrogens (primary N) is 3. The molecule has 0 aliphatic rings. The van der Waals surface area contributed by atoms with Crippen molar-refractivity contribution in [2.45, 2.75) is 26.2 Å². The van der Waals surface area contributed by atoms with Crippen LogP contribution in [0.1, 0.15) is 26.3 Å². The lowest BCUT2D eigenvalue weighted by atomic mass is 9.87. The average molecular weight is 350 g/mol. The molecule has 0 unspecified atom stereocenters. The van der Waals surface area contributed by atoms with Crippen LogP contribution in [0, 0.1) is 0 Å². The third kappa shape index (κ3) is 3.83. The number of nitrogens with zero attached hydrogens (tertiary/aromatic N) is 3. The molecule has 0 aliphatic heterocycles. The lowest BCUT2D eigenvalue weighted by Crippen LogP contribution is -2.26. The van der Waals surface area contributed by atoms with Crippen molar-refractivity contribution >= 4 is 28.7 Å². The fourth-order valence-electron chi connectivity index (χ4n) is 2.51. The summed E-state index contributed by atoms with van der Waals surface area (Å²) in [7, 11) is 0. The van der Waals surface area contributed by atoms with E-state index in [9.17, 15) is 0 Å². The largest absolute Gasteiger partial charge is 0.436 e. The Morgan fingerprint density at radius 2 is 1.69 bits per heavy atom. The highest BCUT2D eigenvalue weighted by molar-refractivity contribution is 5.94. The minimum Gasteiger partial charge on any atom is -0.436 e. The lowest BCUT2D eigenvalue weighted by Gasteiger charge is -2.18. The molecule has 7 heteroatoms. The first-order chi connectivity index (χ1) is 12.2. The van der Waals surface area contributed by atoms with E-state index in [1.165, 1.54) is 5.56 Å². The topological polar surface area (TPSA) is 129 Å². The molecular weight excluding hydrogens is 328 g/mol. The molecular formula is C19H22N6O. The second-order valence-electron chi connectivity index (χ2n) is 7.01. The highest BCUT2D eigenvalue weighted by Gasteiger charge is 2.14. The van der Waals surface area contributed by atoms with Crippen LogP contribution in [0.25, 0.3) is 22.6 Å². The highest BCUT2D eigenvalue weighted by Crippen LogP contribution is 2.29. The lowest BCUT2D eigenvalue weighted by molar-refractivity contribution is 0.589. The molecule has 3 aromatic rings. The van der Waals surface area contributed by atoms with E-state index in [0.29, 0.717) is 22.7 Å². The predicted molar refractivity (Wildman–Crippen MR) is 105 cm³/mol. The molecule has 0 radical (unpaired) electrons. The Kier molecular flexibility index (Phi) is 4.38. The van der Waals surface area contributed by atoms with E-state index >= 15 is 0 Å². The van der Waals surface area contributed by atoms with Gasteiger partial charge in [-0.1, -0.05) is 32.9 Å². The summed E-state index contributed by atoms with van der Waals surface area (Å²) in [6.45, 7) is 6.53. The monoisotopic (exact) mass is 350 g/mol. The van der Waals surface area contributed by atoms with E-state index in [2.05, 4.69) is 47.9 Å². The van der Waals surface area contributed by atoms with Crippen LogP contribution in [0.2, 0.25) is 0 Å². The molecule has 1 aromatic heterocycles. The van der Waals surface area contributed by atoms with Gasteiger partial charge in [-0.2, -0.15) is 4.99 Å². The van der Waals surface area contributed by atoms with E-state index < -0.39 is 0 Å². The van der Waals surface area contributed by atoms with Gasteiger partial charge in [-0.15, -0.1) is 0 Å². The highest BCUT2D eigenvalue weighted by atomic mass is 16.3. The molecule has 0 fully saturated rings. The zero-order valence-corrected chi connectivity index (χ0v) is 15.0. The van der Waals surface area contributed by atoms with E-state index in [0.717, 1.165) is 5.56 Å². The maximum atomic E-state index is 5.85. The molecule has 0 atom stereocenters. The number of hydrogen-bond donors (Lipinski definition) is 3. The molecule has 7 nitrogen and oxygen atoms in total. The van der Waals surface area contributed by atoms with Gasteiger partial charge in [0.25, 0.3) is 0 Å². The van der Waals surface area contributed by atoms with Gasteiger partial charge in [-0.3, -0.25) is 0 Å². The molecule has 0 saturated heterocycles. The first-order valence-electron chi connectivity index (χ1n) is 8.18. The second kappa shape index (κ2) is 6.51. The third-order valence-electron chi connectivity index (χ3n) is 3.86. The van der Waals surface area contributed by atoms with Crippen LogP contribution in [0.3, 0.4) is 0 Å². The van der Waals surface area contributed by atoms with Gasteiger partial charge in [-0.25, -0.2) is 9.98 Å². The quantitative estimate of drug-likeness (QED) is 0.483. The van der Waals surface area contributed by atoms with Gasteiger partial charge in [-0.05, 0) is 41.3 Å². The Hall–Kier alpha value is -3.35. The summed E-state index contributed by atoms with van der Waals surface area (Å²) >= 11 is 0. The maximum Gasteiger partial charge on any atom is 0.227 e. The van der Waals surface area contributed by atoms with Crippen LogP contribution >= 0.6 is 0 Å². The number of oxazole rings is 1. The minimum absolute atomic E-state index is 0.0224. The van der Waals surface area contributed by atoms with Gasteiger partial charge in [0, 0.05) is 5.56 Å². The summed E-state index contributed by atoms with van der Waals surface area (Å²) < 4.78 is 5.85. The molecule has 0 spiro atoms. The number of aliphatic imine (C=N–C) groups is 2. The van der Waals surface area contributed by atoms with Gasteiger partial charge in [0.1, 0.15) is 5.52 Å². The van der Waals surface area contributed by atoms with E-state index in [1.54, 1.807) is 18.2 Å². The Bertz CT molecular complexity index is 989. The molecule has 6 N–H and O–H groups in total. The van der Waals surface area contributed by atoms with Gasteiger partial charge in [0.2, 0.25) is 11.9 Å².